The molecule has 0 spiro atoms. The molecule has 5 N–H and O–H groups in total. The van der Waals surface area contributed by atoms with E-state index < -0.39 is 18.1 Å². The lowest BCUT2D eigenvalue weighted by atomic mass is 10.4. The van der Waals surface area contributed by atoms with Gasteiger partial charge in [0, 0.05) is 12.2 Å². The highest BCUT2D eigenvalue weighted by molar-refractivity contribution is 5.95. The Bertz CT molecular complexity index is 200. The van der Waals surface area contributed by atoms with Gasteiger partial charge < -0.3 is 21.3 Å². The van der Waals surface area contributed by atoms with Gasteiger partial charge in [0.2, 0.25) is 11.8 Å². The number of aliphatic hydroxyl groups is 2. The standard InChI is InChI=1S/C6H10N2O4/c7-4(9)1-2-5(10)8-3-6(11)12/h1-2,6,11-12H,3H2,(H2,7,9)(H,8,10)/b2-1-. The van der Waals surface area contributed by atoms with Crippen molar-refractivity contribution in [2.24, 2.45) is 5.73 Å². The van der Waals surface area contributed by atoms with Gasteiger partial charge >= 0.3 is 0 Å². The first-order chi connectivity index (χ1) is 5.52. The van der Waals surface area contributed by atoms with Crippen molar-refractivity contribution < 1.29 is 19.8 Å². The van der Waals surface area contributed by atoms with Crippen LogP contribution in [0.4, 0.5) is 0 Å². The summed E-state index contributed by atoms with van der Waals surface area (Å²) in [5.74, 6) is -1.35. The summed E-state index contributed by atoms with van der Waals surface area (Å²) in [7, 11) is 0. The Kier molecular flexibility index (Phi) is 4.66. The molecule has 0 heterocycles. The minimum absolute atomic E-state index is 0.290. The zero-order chi connectivity index (χ0) is 9.56. The third-order valence-electron chi connectivity index (χ3n) is 0.858. The largest absolute Gasteiger partial charge is 0.367 e. The van der Waals surface area contributed by atoms with Crippen molar-refractivity contribution in [3.05, 3.63) is 12.2 Å². The second kappa shape index (κ2) is 5.28. The molecule has 0 rings (SSSR count). The summed E-state index contributed by atoms with van der Waals surface area (Å²) in [4.78, 5) is 20.7. The Balaban J connectivity index is 3.67. The van der Waals surface area contributed by atoms with Crippen LogP contribution in [-0.4, -0.2) is 34.9 Å². The van der Waals surface area contributed by atoms with Crippen LogP contribution in [0.15, 0.2) is 12.2 Å². The summed E-state index contributed by atoms with van der Waals surface area (Å²) in [6.45, 7) is -0.290. The highest BCUT2D eigenvalue weighted by atomic mass is 16.5. The number of hydrogen-bond acceptors (Lipinski definition) is 4. The molecule has 0 atom stereocenters. The average Bonchev–Trinajstić information content (AvgIpc) is 1.96. The van der Waals surface area contributed by atoms with Gasteiger partial charge in [-0.1, -0.05) is 0 Å². The summed E-state index contributed by atoms with van der Waals surface area (Å²) in [5, 5.41) is 18.7. The Morgan fingerprint density at radius 1 is 1.42 bits per heavy atom. The van der Waals surface area contributed by atoms with E-state index in [4.69, 9.17) is 15.9 Å². The Morgan fingerprint density at radius 2 is 2.00 bits per heavy atom. The number of aliphatic hydroxyl groups excluding tert-OH is 1. The van der Waals surface area contributed by atoms with Crippen LogP contribution in [0.2, 0.25) is 0 Å². The van der Waals surface area contributed by atoms with E-state index in [1.54, 1.807) is 0 Å². The molecule has 0 aliphatic rings. The van der Waals surface area contributed by atoms with Gasteiger partial charge in [-0.3, -0.25) is 9.59 Å². The van der Waals surface area contributed by atoms with E-state index in [1.807, 2.05) is 0 Å². The molecule has 0 bridgehead atoms. The summed E-state index contributed by atoms with van der Waals surface area (Å²) < 4.78 is 0. The molecular formula is C6H10N2O4. The number of nitrogens with two attached hydrogens (primary N) is 1. The fourth-order valence-corrected chi connectivity index (χ4v) is 0.409. The monoisotopic (exact) mass is 174 g/mol. The maximum atomic E-state index is 10.6. The fraction of sp³-hybridized carbons (Fsp3) is 0.333. The van der Waals surface area contributed by atoms with Gasteiger partial charge in [0.05, 0.1) is 6.54 Å². The molecule has 68 valence electrons. The minimum atomic E-state index is -1.60. The number of nitrogens with one attached hydrogen (secondary N) is 1. The SMILES string of the molecule is NC(=O)/C=C\C(=O)NCC(O)O. The lowest BCUT2D eigenvalue weighted by molar-refractivity contribution is -0.119. The normalized spacial score (nSPS) is 10.6. The molecule has 2 amide bonds. The van der Waals surface area contributed by atoms with Gasteiger partial charge in [0.15, 0.2) is 6.29 Å². The van der Waals surface area contributed by atoms with Crippen molar-refractivity contribution in [3.8, 4) is 0 Å². The molecule has 12 heavy (non-hydrogen) atoms. The molecule has 0 saturated heterocycles. The van der Waals surface area contributed by atoms with Crippen LogP contribution in [0, 0.1) is 0 Å². The molecule has 0 aromatic heterocycles. The van der Waals surface area contributed by atoms with Crippen LogP contribution >= 0.6 is 0 Å². The second-order valence-electron chi connectivity index (χ2n) is 1.96. The molecule has 0 radical (unpaired) electrons. The van der Waals surface area contributed by atoms with E-state index in [0.717, 1.165) is 12.2 Å². The van der Waals surface area contributed by atoms with Crippen molar-refractivity contribution in [2.75, 3.05) is 6.54 Å². The maximum absolute atomic E-state index is 10.6. The molecule has 0 aliphatic heterocycles. The summed E-state index contributed by atoms with van der Waals surface area (Å²) in [6.07, 6.45) is 0.181. The maximum Gasteiger partial charge on any atom is 0.244 e. The quantitative estimate of drug-likeness (QED) is 0.277. The van der Waals surface area contributed by atoms with Gasteiger partial charge in [0.25, 0.3) is 0 Å². The Labute approximate surface area is 68.7 Å². The summed E-state index contributed by atoms with van der Waals surface area (Å²) >= 11 is 0. The number of carbonyl (C=O) groups excluding carboxylic acids is 2. The van der Waals surface area contributed by atoms with Crippen molar-refractivity contribution in [1.82, 2.24) is 5.32 Å². The van der Waals surface area contributed by atoms with E-state index in [2.05, 4.69) is 5.32 Å². The average molecular weight is 174 g/mol. The predicted molar refractivity (Wildman–Crippen MR) is 39.6 cm³/mol. The lowest BCUT2D eigenvalue weighted by Crippen LogP contribution is -2.30. The first-order valence-electron chi connectivity index (χ1n) is 3.14. The van der Waals surface area contributed by atoms with Gasteiger partial charge in [-0.05, 0) is 0 Å². The third kappa shape index (κ3) is 6.72. The van der Waals surface area contributed by atoms with Crippen molar-refractivity contribution >= 4 is 11.8 Å². The Hall–Kier alpha value is -1.40. The molecule has 6 heteroatoms. The zero-order valence-electron chi connectivity index (χ0n) is 6.23. The van der Waals surface area contributed by atoms with Crippen LogP contribution in [-0.2, 0) is 9.59 Å². The minimum Gasteiger partial charge on any atom is -0.367 e. The number of rotatable bonds is 4. The summed E-state index contributed by atoms with van der Waals surface area (Å²) in [5.41, 5.74) is 4.69. The number of carbonyl (C=O) groups is 2. The summed E-state index contributed by atoms with van der Waals surface area (Å²) in [6, 6.07) is 0. The van der Waals surface area contributed by atoms with Crippen molar-refractivity contribution in [3.63, 3.8) is 0 Å². The Morgan fingerprint density at radius 3 is 2.42 bits per heavy atom. The second-order valence-corrected chi connectivity index (χ2v) is 1.96. The molecule has 0 aromatic rings. The molecule has 0 saturated carbocycles. The van der Waals surface area contributed by atoms with Crippen LogP contribution in [0.5, 0.6) is 0 Å². The molecule has 0 aliphatic carbocycles. The van der Waals surface area contributed by atoms with Crippen molar-refractivity contribution in [1.29, 1.82) is 0 Å². The van der Waals surface area contributed by atoms with Crippen LogP contribution in [0.25, 0.3) is 0 Å². The highest BCUT2D eigenvalue weighted by Gasteiger charge is 1.99. The highest BCUT2D eigenvalue weighted by Crippen LogP contribution is 1.74. The van der Waals surface area contributed by atoms with E-state index in [0.29, 0.717) is 0 Å². The molecule has 0 fully saturated rings. The molecule has 6 nitrogen and oxygen atoms in total. The number of primary amides is 1. The first-order valence-corrected chi connectivity index (χ1v) is 3.14. The first kappa shape index (κ1) is 10.6. The predicted octanol–water partition coefficient (Wildman–Crippen LogP) is -2.55. The van der Waals surface area contributed by atoms with Gasteiger partial charge in [-0.2, -0.15) is 0 Å². The molecular weight excluding hydrogens is 164 g/mol. The third-order valence-corrected chi connectivity index (χ3v) is 0.858. The van der Waals surface area contributed by atoms with Gasteiger partial charge in [-0.15, -0.1) is 0 Å². The van der Waals surface area contributed by atoms with Gasteiger partial charge in [0.1, 0.15) is 0 Å². The fourth-order valence-electron chi connectivity index (χ4n) is 0.409. The van der Waals surface area contributed by atoms with E-state index in [9.17, 15) is 9.59 Å². The number of hydrogen-bond donors (Lipinski definition) is 4. The van der Waals surface area contributed by atoms with Gasteiger partial charge in [-0.25, -0.2) is 0 Å². The van der Waals surface area contributed by atoms with Crippen LogP contribution in [0.1, 0.15) is 0 Å². The lowest BCUT2D eigenvalue weighted by Gasteiger charge is -2.02. The van der Waals surface area contributed by atoms with E-state index >= 15 is 0 Å². The molecule has 0 unspecified atom stereocenters. The van der Waals surface area contributed by atoms with Crippen molar-refractivity contribution in [2.45, 2.75) is 6.29 Å². The van der Waals surface area contributed by atoms with E-state index in [1.165, 1.54) is 0 Å². The number of amides is 2. The molecule has 0 aromatic carbocycles. The van der Waals surface area contributed by atoms with Crippen LogP contribution in [0.3, 0.4) is 0 Å². The smallest absolute Gasteiger partial charge is 0.244 e. The van der Waals surface area contributed by atoms with E-state index in [-0.39, 0.29) is 6.54 Å². The topological polar surface area (TPSA) is 113 Å². The van der Waals surface area contributed by atoms with Crippen LogP contribution < -0.4 is 11.1 Å². The zero-order valence-corrected chi connectivity index (χ0v) is 6.23.